The van der Waals surface area contributed by atoms with Gasteiger partial charge >= 0.3 is 0 Å². The molecule has 1 fully saturated rings. The summed E-state index contributed by atoms with van der Waals surface area (Å²) >= 11 is 0. The van der Waals surface area contributed by atoms with Crippen LogP contribution in [-0.4, -0.2) is 18.0 Å². The maximum atomic E-state index is 8.69. The van der Waals surface area contributed by atoms with Crippen LogP contribution in [0.2, 0.25) is 0 Å². The standard InChI is InChI=1S/C10H13N3/c11-5-4-10(8-12)9-13-6-2-1-3-7-13/h9H,1-4,6-7H2. The van der Waals surface area contributed by atoms with Crippen LogP contribution in [0.3, 0.4) is 0 Å². The Balaban J connectivity index is 2.51. The van der Waals surface area contributed by atoms with Gasteiger partial charge in [-0.1, -0.05) is 0 Å². The number of hydrogen-bond donors (Lipinski definition) is 0. The van der Waals surface area contributed by atoms with Crippen molar-refractivity contribution >= 4 is 0 Å². The van der Waals surface area contributed by atoms with E-state index in [1.807, 2.05) is 18.3 Å². The molecule has 0 N–H and O–H groups in total. The largest absolute Gasteiger partial charge is 0.377 e. The third kappa shape index (κ3) is 3.17. The molecule has 0 aromatic carbocycles. The van der Waals surface area contributed by atoms with Gasteiger partial charge in [-0.2, -0.15) is 10.5 Å². The Bertz CT molecular complexity index is 261. The molecule has 0 bridgehead atoms. The summed E-state index contributed by atoms with van der Waals surface area (Å²) in [4.78, 5) is 2.14. The highest BCUT2D eigenvalue weighted by Crippen LogP contribution is 2.11. The van der Waals surface area contributed by atoms with E-state index in [4.69, 9.17) is 10.5 Å². The van der Waals surface area contributed by atoms with Crippen molar-refractivity contribution in [2.75, 3.05) is 13.1 Å². The summed E-state index contributed by atoms with van der Waals surface area (Å²) in [5, 5.41) is 17.1. The molecule has 1 aliphatic rings. The van der Waals surface area contributed by atoms with E-state index < -0.39 is 0 Å². The van der Waals surface area contributed by atoms with Gasteiger partial charge in [-0.15, -0.1) is 0 Å². The maximum absolute atomic E-state index is 8.69. The number of likely N-dealkylation sites (tertiary alicyclic amines) is 1. The number of piperidine rings is 1. The molecule has 1 saturated heterocycles. The Morgan fingerprint density at radius 3 is 2.46 bits per heavy atom. The zero-order valence-electron chi connectivity index (χ0n) is 7.66. The first-order valence-corrected chi connectivity index (χ1v) is 4.58. The Kier molecular flexibility index (Phi) is 3.85. The van der Waals surface area contributed by atoms with Crippen LogP contribution in [0.4, 0.5) is 0 Å². The summed E-state index contributed by atoms with van der Waals surface area (Å²) in [7, 11) is 0. The van der Waals surface area contributed by atoms with Crippen LogP contribution in [0.5, 0.6) is 0 Å². The van der Waals surface area contributed by atoms with E-state index in [0.717, 1.165) is 13.1 Å². The van der Waals surface area contributed by atoms with Crippen molar-refractivity contribution in [2.45, 2.75) is 25.7 Å². The summed E-state index contributed by atoms with van der Waals surface area (Å²) in [6.07, 6.45) is 5.74. The molecule has 0 unspecified atom stereocenters. The van der Waals surface area contributed by atoms with Gasteiger partial charge < -0.3 is 4.90 Å². The lowest BCUT2D eigenvalue weighted by molar-refractivity contribution is 0.308. The van der Waals surface area contributed by atoms with Crippen molar-refractivity contribution < 1.29 is 0 Å². The number of rotatable bonds is 2. The highest BCUT2D eigenvalue weighted by molar-refractivity contribution is 5.23. The topological polar surface area (TPSA) is 50.8 Å². The molecule has 0 atom stereocenters. The van der Waals surface area contributed by atoms with Gasteiger partial charge in [-0.3, -0.25) is 0 Å². The monoisotopic (exact) mass is 175 g/mol. The van der Waals surface area contributed by atoms with Gasteiger partial charge in [0, 0.05) is 19.3 Å². The second-order valence-corrected chi connectivity index (χ2v) is 3.20. The predicted molar refractivity (Wildman–Crippen MR) is 49.4 cm³/mol. The van der Waals surface area contributed by atoms with Crippen LogP contribution in [0.15, 0.2) is 11.8 Å². The zero-order chi connectivity index (χ0) is 9.52. The molecule has 0 aromatic rings. The van der Waals surface area contributed by atoms with Crippen LogP contribution in [-0.2, 0) is 0 Å². The molecule has 3 heteroatoms. The van der Waals surface area contributed by atoms with Gasteiger partial charge in [-0.25, -0.2) is 0 Å². The van der Waals surface area contributed by atoms with Crippen molar-refractivity contribution in [1.82, 2.24) is 4.90 Å². The third-order valence-electron chi connectivity index (χ3n) is 2.14. The molecular formula is C10H13N3. The average molecular weight is 175 g/mol. The molecule has 0 saturated carbocycles. The lowest BCUT2D eigenvalue weighted by atomic mass is 10.1. The highest BCUT2D eigenvalue weighted by Gasteiger charge is 2.07. The lowest BCUT2D eigenvalue weighted by Crippen LogP contribution is -2.24. The van der Waals surface area contributed by atoms with E-state index >= 15 is 0 Å². The SMILES string of the molecule is N#CCC(C#N)=CN1CCCCC1. The first kappa shape index (κ1) is 9.61. The average Bonchev–Trinajstić information content (AvgIpc) is 2.19. The molecule has 68 valence electrons. The van der Waals surface area contributed by atoms with Crippen LogP contribution in [0, 0.1) is 22.7 Å². The quantitative estimate of drug-likeness (QED) is 0.601. The van der Waals surface area contributed by atoms with Crippen molar-refractivity contribution in [3.05, 3.63) is 11.8 Å². The van der Waals surface area contributed by atoms with Crippen LogP contribution in [0.1, 0.15) is 25.7 Å². The zero-order valence-corrected chi connectivity index (χ0v) is 7.66. The molecule has 1 rings (SSSR count). The molecule has 0 aromatic heterocycles. The first-order valence-electron chi connectivity index (χ1n) is 4.58. The van der Waals surface area contributed by atoms with Crippen molar-refractivity contribution in [2.24, 2.45) is 0 Å². The molecule has 3 nitrogen and oxygen atoms in total. The number of nitrogens with zero attached hydrogens (tertiary/aromatic N) is 3. The summed E-state index contributed by atoms with van der Waals surface area (Å²) in [5.74, 6) is 0. The van der Waals surface area contributed by atoms with Crippen LogP contribution >= 0.6 is 0 Å². The van der Waals surface area contributed by atoms with E-state index in [9.17, 15) is 0 Å². The van der Waals surface area contributed by atoms with E-state index in [1.165, 1.54) is 19.3 Å². The predicted octanol–water partition coefficient (Wildman–Crippen LogP) is 1.79. The van der Waals surface area contributed by atoms with E-state index in [-0.39, 0.29) is 6.42 Å². The summed E-state index contributed by atoms with van der Waals surface area (Å²) in [5.41, 5.74) is 0.574. The molecular weight excluding hydrogens is 162 g/mol. The molecule has 0 radical (unpaired) electrons. The summed E-state index contributed by atoms with van der Waals surface area (Å²) in [6, 6.07) is 4.04. The van der Waals surface area contributed by atoms with Crippen molar-refractivity contribution in [3.8, 4) is 12.1 Å². The number of nitriles is 2. The second-order valence-electron chi connectivity index (χ2n) is 3.20. The smallest absolute Gasteiger partial charge is 0.0973 e. The Hall–Kier alpha value is -1.48. The van der Waals surface area contributed by atoms with Gasteiger partial charge in [0.25, 0.3) is 0 Å². The van der Waals surface area contributed by atoms with Gasteiger partial charge in [0.1, 0.15) is 0 Å². The molecule has 0 spiro atoms. The van der Waals surface area contributed by atoms with Gasteiger partial charge in [0.05, 0.1) is 24.1 Å². The maximum Gasteiger partial charge on any atom is 0.0973 e. The van der Waals surface area contributed by atoms with E-state index in [1.54, 1.807) is 0 Å². The van der Waals surface area contributed by atoms with E-state index in [0.29, 0.717) is 5.57 Å². The van der Waals surface area contributed by atoms with Gasteiger partial charge in [0.2, 0.25) is 0 Å². The Morgan fingerprint density at radius 2 is 1.92 bits per heavy atom. The number of hydrogen-bond acceptors (Lipinski definition) is 3. The summed E-state index contributed by atoms with van der Waals surface area (Å²) in [6.45, 7) is 2.05. The fourth-order valence-electron chi connectivity index (χ4n) is 1.47. The minimum atomic E-state index is 0.229. The fraction of sp³-hybridized carbons (Fsp3) is 0.600. The van der Waals surface area contributed by atoms with Gasteiger partial charge in [-0.05, 0) is 19.3 Å². The molecule has 0 aliphatic carbocycles. The first-order chi connectivity index (χ1) is 6.36. The minimum absolute atomic E-state index is 0.229. The molecule has 1 aliphatic heterocycles. The Labute approximate surface area is 78.9 Å². The Morgan fingerprint density at radius 1 is 1.23 bits per heavy atom. The van der Waals surface area contributed by atoms with Crippen LogP contribution < -0.4 is 0 Å². The van der Waals surface area contributed by atoms with Crippen molar-refractivity contribution in [3.63, 3.8) is 0 Å². The van der Waals surface area contributed by atoms with Gasteiger partial charge in [0.15, 0.2) is 0 Å². The molecule has 1 heterocycles. The lowest BCUT2D eigenvalue weighted by Gasteiger charge is -2.25. The number of allylic oxidation sites excluding steroid dienone is 1. The summed E-state index contributed by atoms with van der Waals surface area (Å²) < 4.78 is 0. The van der Waals surface area contributed by atoms with Crippen molar-refractivity contribution in [1.29, 1.82) is 10.5 Å². The normalized spacial score (nSPS) is 17.7. The molecule has 13 heavy (non-hydrogen) atoms. The minimum Gasteiger partial charge on any atom is -0.377 e. The highest BCUT2D eigenvalue weighted by atomic mass is 15.1. The van der Waals surface area contributed by atoms with E-state index in [2.05, 4.69) is 4.90 Å². The molecule has 0 amide bonds. The third-order valence-corrected chi connectivity index (χ3v) is 2.14. The van der Waals surface area contributed by atoms with Crippen LogP contribution in [0.25, 0.3) is 0 Å². The second kappa shape index (κ2) is 5.22. The fourth-order valence-corrected chi connectivity index (χ4v) is 1.47.